The maximum Gasteiger partial charge on any atom is 0.417 e. The zero-order chi connectivity index (χ0) is 20.4. The summed E-state index contributed by atoms with van der Waals surface area (Å²) < 4.78 is 38.6. The van der Waals surface area contributed by atoms with Crippen LogP contribution in [-0.4, -0.2) is 36.2 Å². The van der Waals surface area contributed by atoms with Crippen LogP contribution >= 0.6 is 34.8 Å². The van der Waals surface area contributed by atoms with Gasteiger partial charge in [0.2, 0.25) is 0 Å². The first-order chi connectivity index (χ1) is 12.5. The van der Waals surface area contributed by atoms with Gasteiger partial charge in [-0.25, -0.2) is 4.99 Å². The molecule has 144 valence electrons. The molecule has 0 saturated heterocycles. The summed E-state index contributed by atoms with van der Waals surface area (Å²) in [6.45, 7) is 0. The van der Waals surface area contributed by atoms with Gasteiger partial charge in [-0.05, 0) is 18.2 Å². The minimum Gasteiger partial charge on any atom is -0.369 e. The molecule has 0 saturated carbocycles. The van der Waals surface area contributed by atoms with Gasteiger partial charge in [0.25, 0.3) is 5.91 Å². The fourth-order valence-electron chi connectivity index (χ4n) is 2.23. The number of alkyl halides is 3. The second-order valence-electron chi connectivity index (χ2n) is 5.70. The molecule has 1 heterocycles. The van der Waals surface area contributed by atoms with Crippen molar-refractivity contribution in [1.29, 1.82) is 0 Å². The first-order valence-electron chi connectivity index (χ1n) is 7.43. The first kappa shape index (κ1) is 21.5. The Morgan fingerprint density at radius 1 is 1.19 bits per heavy atom. The number of rotatable bonds is 4. The van der Waals surface area contributed by atoms with E-state index in [9.17, 15) is 18.0 Å². The van der Waals surface area contributed by atoms with E-state index in [-0.39, 0.29) is 26.3 Å². The lowest BCUT2D eigenvalue weighted by Crippen LogP contribution is -2.18. The molecule has 0 radical (unpaired) electrons. The third-order valence-electron chi connectivity index (χ3n) is 3.42. The Balaban J connectivity index is 2.65. The Hall–Kier alpha value is -1.83. The monoisotopic (exact) mass is 437 g/mol. The number of halogens is 6. The fourth-order valence-corrected chi connectivity index (χ4v) is 3.12. The molecule has 2 rings (SSSR count). The Kier molecular flexibility index (Phi) is 6.72. The smallest absolute Gasteiger partial charge is 0.369 e. The van der Waals surface area contributed by atoms with Crippen LogP contribution < -0.4 is 0 Å². The van der Waals surface area contributed by atoms with Crippen molar-refractivity contribution in [3.8, 4) is 0 Å². The average molecular weight is 439 g/mol. The summed E-state index contributed by atoms with van der Waals surface area (Å²) in [5, 5.41) is -0.0726. The van der Waals surface area contributed by atoms with Gasteiger partial charge in [-0.3, -0.25) is 9.78 Å². The highest BCUT2D eigenvalue weighted by molar-refractivity contribution is 6.37. The van der Waals surface area contributed by atoms with Crippen molar-refractivity contribution in [2.45, 2.75) is 12.1 Å². The van der Waals surface area contributed by atoms with Crippen LogP contribution in [0.3, 0.4) is 0 Å². The van der Waals surface area contributed by atoms with Crippen LogP contribution in [0.25, 0.3) is 0 Å². The SMILES string of the molecule is CN(C)C=NC(=O)[C@@H](c1ncc(C(F)(F)F)cc1Cl)c1c(Cl)cccc1Cl. The van der Waals surface area contributed by atoms with Crippen LogP contribution in [0.2, 0.25) is 15.1 Å². The number of benzene rings is 1. The second kappa shape index (κ2) is 8.46. The quantitative estimate of drug-likeness (QED) is 0.480. The highest BCUT2D eigenvalue weighted by atomic mass is 35.5. The van der Waals surface area contributed by atoms with Crippen molar-refractivity contribution in [3.63, 3.8) is 0 Å². The summed E-state index contributed by atoms with van der Waals surface area (Å²) in [6, 6.07) is 5.26. The average Bonchev–Trinajstić information content (AvgIpc) is 2.56. The topological polar surface area (TPSA) is 45.6 Å². The van der Waals surface area contributed by atoms with Crippen LogP contribution in [-0.2, 0) is 11.0 Å². The van der Waals surface area contributed by atoms with Gasteiger partial charge in [-0.15, -0.1) is 0 Å². The summed E-state index contributed by atoms with van der Waals surface area (Å²) >= 11 is 18.4. The van der Waals surface area contributed by atoms with Crippen molar-refractivity contribution in [1.82, 2.24) is 9.88 Å². The lowest BCUT2D eigenvalue weighted by Gasteiger charge is -2.19. The molecule has 0 fully saturated rings. The Labute approximate surface area is 168 Å². The van der Waals surface area contributed by atoms with Gasteiger partial charge in [-0.2, -0.15) is 13.2 Å². The first-order valence-corrected chi connectivity index (χ1v) is 8.56. The molecular formula is C17H13Cl3F3N3O. The van der Waals surface area contributed by atoms with E-state index in [1.807, 2.05) is 0 Å². The number of hydrogen-bond acceptors (Lipinski definition) is 2. The molecule has 0 bridgehead atoms. The minimum absolute atomic E-state index is 0.124. The van der Waals surface area contributed by atoms with E-state index in [2.05, 4.69) is 9.98 Å². The minimum atomic E-state index is -4.63. The molecule has 0 aliphatic heterocycles. The molecule has 0 aliphatic rings. The Morgan fingerprint density at radius 3 is 2.26 bits per heavy atom. The van der Waals surface area contributed by atoms with E-state index in [0.29, 0.717) is 12.3 Å². The summed E-state index contributed by atoms with van der Waals surface area (Å²) in [5.41, 5.74) is -0.999. The van der Waals surface area contributed by atoms with Crippen molar-refractivity contribution in [2.24, 2.45) is 4.99 Å². The molecule has 0 N–H and O–H groups in total. The zero-order valence-corrected chi connectivity index (χ0v) is 16.3. The number of carbonyl (C=O) groups is 1. The summed E-state index contributed by atoms with van der Waals surface area (Å²) in [7, 11) is 3.30. The molecule has 2 aromatic rings. The molecule has 1 amide bonds. The number of aliphatic imine (C=N–C) groups is 1. The standard InChI is InChI=1S/C17H13Cl3F3N3O/c1-26(2)8-25-16(27)14(13-10(18)4-3-5-11(13)19)15-12(20)6-9(7-24-15)17(21,22)23/h3-8,14H,1-2H3/t14-/m1/s1. The van der Waals surface area contributed by atoms with Crippen molar-refractivity contribution in [2.75, 3.05) is 14.1 Å². The predicted molar refractivity (Wildman–Crippen MR) is 99.7 cm³/mol. The Bertz CT molecular complexity index is 865. The van der Waals surface area contributed by atoms with E-state index >= 15 is 0 Å². The Morgan fingerprint density at radius 2 is 1.78 bits per heavy atom. The van der Waals surface area contributed by atoms with Gasteiger partial charge in [0.15, 0.2) is 0 Å². The zero-order valence-electron chi connectivity index (χ0n) is 14.1. The van der Waals surface area contributed by atoms with Crippen LogP contribution in [0.5, 0.6) is 0 Å². The van der Waals surface area contributed by atoms with E-state index in [1.165, 1.54) is 23.4 Å². The highest BCUT2D eigenvalue weighted by Gasteiger charge is 2.35. The molecule has 27 heavy (non-hydrogen) atoms. The molecular weight excluding hydrogens is 426 g/mol. The van der Waals surface area contributed by atoms with Gasteiger partial charge in [0.05, 0.1) is 22.6 Å². The second-order valence-corrected chi connectivity index (χ2v) is 6.93. The molecule has 0 aliphatic carbocycles. The summed E-state index contributed by atoms with van der Waals surface area (Å²) in [5.74, 6) is -2.00. The van der Waals surface area contributed by atoms with Gasteiger partial charge in [-0.1, -0.05) is 40.9 Å². The normalized spacial score (nSPS) is 13.0. The van der Waals surface area contributed by atoms with Crippen LogP contribution in [0, 0.1) is 0 Å². The summed E-state index contributed by atoms with van der Waals surface area (Å²) in [6.07, 6.45) is -2.78. The number of amides is 1. The molecule has 0 spiro atoms. The van der Waals surface area contributed by atoms with Gasteiger partial charge < -0.3 is 4.90 Å². The lowest BCUT2D eigenvalue weighted by atomic mass is 9.93. The van der Waals surface area contributed by atoms with Crippen molar-refractivity contribution >= 4 is 47.0 Å². The van der Waals surface area contributed by atoms with Gasteiger partial charge >= 0.3 is 6.18 Å². The van der Waals surface area contributed by atoms with E-state index in [0.717, 1.165) is 0 Å². The lowest BCUT2D eigenvalue weighted by molar-refractivity contribution is -0.137. The van der Waals surface area contributed by atoms with Crippen LogP contribution in [0.4, 0.5) is 13.2 Å². The largest absolute Gasteiger partial charge is 0.417 e. The summed E-state index contributed by atoms with van der Waals surface area (Å²) in [4.78, 5) is 21.8. The molecule has 4 nitrogen and oxygen atoms in total. The number of nitrogens with zero attached hydrogens (tertiary/aromatic N) is 3. The van der Waals surface area contributed by atoms with Crippen LogP contribution in [0.15, 0.2) is 35.5 Å². The molecule has 1 aromatic carbocycles. The molecule has 1 atom stereocenters. The third-order valence-corrected chi connectivity index (χ3v) is 4.38. The van der Waals surface area contributed by atoms with E-state index < -0.39 is 23.6 Å². The van der Waals surface area contributed by atoms with E-state index in [4.69, 9.17) is 34.8 Å². The molecule has 1 aromatic heterocycles. The van der Waals surface area contributed by atoms with Gasteiger partial charge in [0.1, 0.15) is 5.92 Å². The van der Waals surface area contributed by atoms with Crippen molar-refractivity contribution < 1.29 is 18.0 Å². The predicted octanol–water partition coefficient (Wildman–Crippen LogP) is 5.31. The third kappa shape index (κ3) is 5.12. The number of carbonyl (C=O) groups excluding carboxylic acids is 1. The number of pyridine rings is 1. The maximum absolute atomic E-state index is 12.9. The molecule has 0 unspecified atom stereocenters. The fraction of sp³-hybridized carbons (Fsp3) is 0.235. The van der Waals surface area contributed by atoms with Crippen LogP contribution in [0.1, 0.15) is 22.7 Å². The van der Waals surface area contributed by atoms with Gasteiger partial charge in [0, 0.05) is 35.9 Å². The number of hydrogen-bond donors (Lipinski definition) is 0. The molecule has 10 heteroatoms. The maximum atomic E-state index is 12.9. The number of aromatic nitrogens is 1. The highest BCUT2D eigenvalue weighted by Crippen LogP contribution is 2.40. The van der Waals surface area contributed by atoms with Crippen molar-refractivity contribution in [3.05, 3.63) is 62.4 Å². The van der Waals surface area contributed by atoms with E-state index in [1.54, 1.807) is 20.2 Å².